The maximum absolute atomic E-state index is 5.97. The molecule has 1 N–H and O–H groups in total. The molecule has 3 heterocycles. The van der Waals surface area contributed by atoms with Gasteiger partial charge >= 0.3 is 0 Å². The second-order valence-corrected chi connectivity index (χ2v) is 6.02. The number of halogens is 1. The molecule has 0 saturated carbocycles. The van der Waals surface area contributed by atoms with Crippen LogP contribution < -0.4 is 5.32 Å². The van der Waals surface area contributed by atoms with E-state index in [0.29, 0.717) is 11.9 Å². The Balaban J connectivity index is 1.93. The van der Waals surface area contributed by atoms with Crippen molar-refractivity contribution in [2.24, 2.45) is 0 Å². The number of aromatic nitrogens is 6. The number of thiazole rings is 1. The highest BCUT2D eigenvalue weighted by molar-refractivity contribution is 7.09. The van der Waals surface area contributed by atoms with Gasteiger partial charge in [0.05, 0.1) is 5.54 Å². The van der Waals surface area contributed by atoms with Crippen molar-refractivity contribution in [1.82, 2.24) is 29.5 Å². The van der Waals surface area contributed by atoms with Crippen molar-refractivity contribution in [1.29, 1.82) is 0 Å². The SMILES string of the molecule is CC(C)(Nc1nc(Cl)nc(-n2ccnc2)n1)c1nccs1. The topological polar surface area (TPSA) is 81.4 Å². The van der Waals surface area contributed by atoms with Gasteiger partial charge in [-0.1, -0.05) is 0 Å². The summed E-state index contributed by atoms with van der Waals surface area (Å²) in [6, 6.07) is 0. The molecule has 9 heteroatoms. The van der Waals surface area contributed by atoms with Crippen LogP contribution in [0, 0.1) is 0 Å². The van der Waals surface area contributed by atoms with E-state index in [9.17, 15) is 0 Å². The number of hydrogen-bond acceptors (Lipinski definition) is 7. The van der Waals surface area contributed by atoms with E-state index in [1.807, 2.05) is 19.2 Å². The highest BCUT2D eigenvalue weighted by Crippen LogP contribution is 2.26. The predicted octanol–water partition coefficient (Wildman–Crippen LogP) is 2.51. The zero-order valence-corrected chi connectivity index (χ0v) is 12.9. The Morgan fingerprint density at radius 2 is 2.10 bits per heavy atom. The number of nitrogens with one attached hydrogen (secondary N) is 1. The lowest BCUT2D eigenvalue weighted by Gasteiger charge is -2.23. The fourth-order valence-electron chi connectivity index (χ4n) is 1.75. The van der Waals surface area contributed by atoms with Crippen molar-refractivity contribution in [2.75, 3.05) is 5.32 Å². The molecule has 0 spiro atoms. The largest absolute Gasteiger partial charge is 0.343 e. The standard InChI is InChI=1S/C12H12ClN7S/c1-12(2,8-15-4-6-21-8)19-10-16-9(13)17-11(18-10)20-5-3-14-7-20/h3-7H,1-2H3,(H,16,17,18,19). The van der Waals surface area contributed by atoms with Crippen molar-refractivity contribution in [3.05, 3.63) is 40.6 Å². The van der Waals surface area contributed by atoms with E-state index in [0.717, 1.165) is 5.01 Å². The minimum Gasteiger partial charge on any atom is -0.343 e. The molecule has 0 aliphatic heterocycles. The molecule has 0 atom stereocenters. The van der Waals surface area contributed by atoms with Gasteiger partial charge in [0.25, 0.3) is 0 Å². The van der Waals surface area contributed by atoms with E-state index in [4.69, 9.17) is 11.6 Å². The molecule has 3 aromatic rings. The molecule has 3 rings (SSSR count). The molecule has 0 saturated heterocycles. The molecule has 0 fully saturated rings. The molecule has 0 unspecified atom stereocenters. The molecular formula is C12H12ClN7S. The number of rotatable bonds is 4. The monoisotopic (exact) mass is 321 g/mol. The molecule has 0 radical (unpaired) electrons. The first-order valence-electron chi connectivity index (χ1n) is 6.13. The normalized spacial score (nSPS) is 11.6. The van der Waals surface area contributed by atoms with Crippen LogP contribution in [0.2, 0.25) is 5.28 Å². The first-order valence-corrected chi connectivity index (χ1v) is 7.38. The van der Waals surface area contributed by atoms with E-state index >= 15 is 0 Å². The molecule has 108 valence electrons. The minimum absolute atomic E-state index is 0.117. The zero-order valence-electron chi connectivity index (χ0n) is 11.4. The lowest BCUT2D eigenvalue weighted by atomic mass is 10.1. The second kappa shape index (κ2) is 5.38. The third kappa shape index (κ3) is 3.01. The Kier molecular flexibility index (Phi) is 3.56. The maximum atomic E-state index is 5.97. The van der Waals surface area contributed by atoms with Gasteiger partial charge in [-0.2, -0.15) is 15.0 Å². The summed E-state index contributed by atoms with van der Waals surface area (Å²) >= 11 is 7.53. The van der Waals surface area contributed by atoms with Gasteiger partial charge in [-0.05, 0) is 25.4 Å². The van der Waals surface area contributed by atoms with E-state index in [-0.39, 0.29) is 5.28 Å². The predicted molar refractivity (Wildman–Crippen MR) is 80.7 cm³/mol. The lowest BCUT2D eigenvalue weighted by Crippen LogP contribution is -2.29. The average Bonchev–Trinajstić information content (AvgIpc) is 3.12. The third-order valence-corrected chi connectivity index (χ3v) is 3.99. The van der Waals surface area contributed by atoms with Crippen molar-refractivity contribution in [2.45, 2.75) is 19.4 Å². The van der Waals surface area contributed by atoms with E-state index in [1.165, 1.54) is 0 Å². The van der Waals surface area contributed by atoms with E-state index in [2.05, 4.69) is 30.2 Å². The van der Waals surface area contributed by atoms with Gasteiger partial charge in [0, 0.05) is 24.0 Å². The summed E-state index contributed by atoms with van der Waals surface area (Å²) in [7, 11) is 0. The Bertz CT molecular complexity index is 724. The van der Waals surface area contributed by atoms with Crippen LogP contribution in [-0.2, 0) is 5.54 Å². The van der Waals surface area contributed by atoms with Gasteiger partial charge in [-0.3, -0.25) is 4.57 Å². The van der Waals surface area contributed by atoms with Crippen LogP contribution in [0.1, 0.15) is 18.9 Å². The van der Waals surface area contributed by atoms with Crippen LogP contribution in [-0.4, -0.2) is 29.5 Å². The van der Waals surface area contributed by atoms with Crippen LogP contribution in [0.5, 0.6) is 0 Å². The molecule has 3 aromatic heterocycles. The Labute approximate surface area is 130 Å². The second-order valence-electron chi connectivity index (χ2n) is 4.79. The van der Waals surface area contributed by atoms with Gasteiger partial charge in [-0.15, -0.1) is 11.3 Å². The van der Waals surface area contributed by atoms with Crippen LogP contribution in [0.25, 0.3) is 5.95 Å². The summed E-state index contributed by atoms with van der Waals surface area (Å²) in [5, 5.41) is 6.21. The van der Waals surface area contributed by atoms with Crippen LogP contribution in [0.4, 0.5) is 5.95 Å². The summed E-state index contributed by atoms with van der Waals surface area (Å²) in [5.74, 6) is 0.795. The third-order valence-electron chi connectivity index (χ3n) is 2.72. The van der Waals surface area contributed by atoms with Gasteiger partial charge in [0.15, 0.2) is 0 Å². The van der Waals surface area contributed by atoms with Crippen molar-refractivity contribution < 1.29 is 0 Å². The average molecular weight is 322 g/mol. The van der Waals surface area contributed by atoms with Gasteiger partial charge < -0.3 is 5.32 Å². The van der Waals surface area contributed by atoms with Crippen molar-refractivity contribution in [3.63, 3.8) is 0 Å². The van der Waals surface area contributed by atoms with E-state index in [1.54, 1.807) is 40.8 Å². The van der Waals surface area contributed by atoms with Gasteiger partial charge in [-0.25, -0.2) is 9.97 Å². The van der Waals surface area contributed by atoms with Crippen molar-refractivity contribution >= 4 is 28.9 Å². The summed E-state index contributed by atoms with van der Waals surface area (Å²) in [6.45, 7) is 4.00. The number of hydrogen-bond donors (Lipinski definition) is 1. The molecule has 0 aromatic carbocycles. The number of imidazole rings is 1. The molecule has 0 bridgehead atoms. The molecule has 0 aliphatic rings. The van der Waals surface area contributed by atoms with Crippen LogP contribution in [0.15, 0.2) is 30.3 Å². The fraction of sp³-hybridized carbons (Fsp3) is 0.250. The first kappa shape index (κ1) is 13.9. The molecule has 0 aliphatic carbocycles. The smallest absolute Gasteiger partial charge is 0.241 e. The van der Waals surface area contributed by atoms with Gasteiger partial charge in [0.1, 0.15) is 11.3 Å². The fourth-order valence-corrected chi connectivity index (χ4v) is 2.63. The number of nitrogens with zero attached hydrogens (tertiary/aromatic N) is 6. The Morgan fingerprint density at radius 1 is 1.24 bits per heavy atom. The quantitative estimate of drug-likeness (QED) is 0.795. The first-order chi connectivity index (χ1) is 10.0. The Hall–Kier alpha value is -2.06. The highest BCUT2D eigenvalue weighted by Gasteiger charge is 2.24. The van der Waals surface area contributed by atoms with Crippen molar-refractivity contribution in [3.8, 4) is 5.95 Å². The zero-order chi connectivity index (χ0) is 14.9. The lowest BCUT2D eigenvalue weighted by molar-refractivity contribution is 0.595. The van der Waals surface area contributed by atoms with Crippen LogP contribution in [0.3, 0.4) is 0 Å². The highest BCUT2D eigenvalue weighted by atomic mass is 35.5. The Morgan fingerprint density at radius 3 is 2.76 bits per heavy atom. The summed E-state index contributed by atoms with van der Waals surface area (Å²) in [5.41, 5.74) is -0.412. The molecule has 7 nitrogen and oxygen atoms in total. The summed E-state index contributed by atoms with van der Waals surface area (Å²) in [6.07, 6.45) is 6.74. The summed E-state index contributed by atoms with van der Waals surface area (Å²) < 4.78 is 1.66. The molecular weight excluding hydrogens is 310 g/mol. The van der Waals surface area contributed by atoms with E-state index < -0.39 is 5.54 Å². The number of anilines is 1. The molecule has 21 heavy (non-hydrogen) atoms. The van der Waals surface area contributed by atoms with Gasteiger partial charge in [0.2, 0.25) is 17.2 Å². The molecule has 0 amide bonds. The minimum atomic E-state index is -0.412. The maximum Gasteiger partial charge on any atom is 0.241 e. The van der Waals surface area contributed by atoms with Crippen LogP contribution >= 0.6 is 22.9 Å². The summed E-state index contributed by atoms with van der Waals surface area (Å²) in [4.78, 5) is 20.8.